The number of hydrogen-bond donors (Lipinski definition) is 0. The quantitative estimate of drug-likeness (QED) is 0.497. The van der Waals surface area contributed by atoms with Gasteiger partial charge in [-0.2, -0.15) is 13.2 Å². The first-order chi connectivity index (χ1) is 14.6. The van der Waals surface area contributed by atoms with E-state index in [1.807, 2.05) is 19.1 Å². The van der Waals surface area contributed by atoms with Gasteiger partial charge >= 0.3 is 12.3 Å². The zero-order valence-corrected chi connectivity index (χ0v) is 19.2. The number of aromatic nitrogens is 1. The average Bonchev–Trinajstić information content (AvgIpc) is 2.71. The van der Waals surface area contributed by atoms with Crippen molar-refractivity contribution in [1.82, 2.24) is 9.88 Å². The Balaban J connectivity index is 1.37. The number of likely N-dealkylation sites (tertiary alicyclic amines) is 1. The van der Waals surface area contributed by atoms with Crippen LogP contribution < -0.4 is 4.74 Å². The van der Waals surface area contributed by atoms with E-state index in [4.69, 9.17) is 9.47 Å². The van der Waals surface area contributed by atoms with Crippen LogP contribution in [0.5, 0.6) is 5.75 Å². The van der Waals surface area contributed by atoms with E-state index in [9.17, 15) is 18.0 Å². The molecule has 2 fully saturated rings. The summed E-state index contributed by atoms with van der Waals surface area (Å²) in [5.41, 5.74) is 0.850. The van der Waals surface area contributed by atoms with Gasteiger partial charge in [-0.25, -0.2) is 9.78 Å². The number of amides is 1. The standard InChI is InChI=1S/C21H28BrF3N2O4/c1-13-18(7-8-19(22)26-13)31-16-5-3-15(4-6-16)30-17-9-11-27(12-10-17)20(28)29-14(2)21(23,24)25/h7-8,14-17H,3-6,9-12H2,1-2H3/t14-,15?,16?/m1/s1. The van der Waals surface area contributed by atoms with Gasteiger partial charge in [-0.3, -0.25) is 0 Å². The molecule has 1 saturated carbocycles. The van der Waals surface area contributed by atoms with Crippen molar-refractivity contribution in [3.05, 3.63) is 22.4 Å². The molecule has 0 aromatic carbocycles. The molecule has 1 atom stereocenters. The molecule has 3 rings (SSSR count). The first-order valence-electron chi connectivity index (χ1n) is 10.6. The van der Waals surface area contributed by atoms with Crippen LogP contribution in [0.1, 0.15) is 51.1 Å². The summed E-state index contributed by atoms with van der Waals surface area (Å²) in [6.07, 6.45) is -2.56. The van der Waals surface area contributed by atoms with Gasteiger partial charge in [0.2, 0.25) is 0 Å². The van der Waals surface area contributed by atoms with Crippen molar-refractivity contribution in [3.63, 3.8) is 0 Å². The lowest BCUT2D eigenvalue weighted by Gasteiger charge is -2.36. The molecule has 31 heavy (non-hydrogen) atoms. The molecular weight excluding hydrogens is 481 g/mol. The largest absolute Gasteiger partial charge is 0.489 e. The molecule has 10 heteroatoms. The van der Waals surface area contributed by atoms with Gasteiger partial charge in [0.1, 0.15) is 10.4 Å². The highest BCUT2D eigenvalue weighted by Gasteiger charge is 2.40. The highest BCUT2D eigenvalue weighted by atomic mass is 79.9. The van der Waals surface area contributed by atoms with Crippen LogP contribution in [0.25, 0.3) is 0 Å². The van der Waals surface area contributed by atoms with E-state index in [2.05, 4.69) is 25.7 Å². The lowest BCUT2D eigenvalue weighted by molar-refractivity contribution is -0.200. The van der Waals surface area contributed by atoms with E-state index in [1.54, 1.807) is 0 Å². The topological polar surface area (TPSA) is 60.9 Å². The van der Waals surface area contributed by atoms with E-state index < -0.39 is 18.4 Å². The van der Waals surface area contributed by atoms with Crippen LogP contribution >= 0.6 is 15.9 Å². The number of rotatable bonds is 5. The Morgan fingerprint density at radius 2 is 1.68 bits per heavy atom. The van der Waals surface area contributed by atoms with Crippen molar-refractivity contribution in [3.8, 4) is 5.75 Å². The number of carbonyl (C=O) groups excluding carboxylic acids is 1. The summed E-state index contributed by atoms with van der Waals surface area (Å²) in [5, 5.41) is 0. The molecule has 1 amide bonds. The number of alkyl halides is 3. The van der Waals surface area contributed by atoms with Gasteiger partial charge in [0, 0.05) is 13.1 Å². The Bertz CT molecular complexity index is 749. The third kappa shape index (κ3) is 6.97. The number of carbonyl (C=O) groups is 1. The molecule has 0 bridgehead atoms. The van der Waals surface area contributed by atoms with Crippen LogP contribution in [0.4, 0.5) is 18.0 Å². The third-order valence-corrected chi connectivity index (χ3v) is 6.18. The van der Waals surface area contributed by atoms with Crippen molar-refractivity contribution >= 4 is 22.0 Å². The number of ether oxygens (including phenoxy) is 3. The van der Waals surface area contributed by atoms with E-state index in [1.165, 1.54) is 4.90 Å². The number of halogens is 4. The van der Waals surface area contributed by atoms with Crippen LogP contribution in [0.15, 0.2) is 16.7 Å². The van der Waals surface area contributed by atoms with Crippen molar-refractivity contribution < 1.29 is 32.2 Å². The van der Waals surface area contributed by atoms with Gasteiger partial charge in [-0.15, -0.1) is 0 Å². The second-order valence-electron chi connectivity index (χ2n) is 8.12. The van der Waals surface area contributed by atoms with Crippen molar-refractivity contribution in [2.24, 2.45) is 0 Å². The zero-order valence-electron chi connectivity index (χ0n) is 17.7. The van der Waals surface area contributed by atoms with Gasteiger partial charge in [-0.1, -0.05) is 0 Å². The Kier molecular flexibility index (Phi) is 8.07. The molecule has 0 spiro atoms. The molecule has 1 aromatic rings. The normalized spacial score (nSPS) is 24.0. The predicted octanol–water partition coefficient (Wildman–Crippen LogP) is 5.41. The highest BCUT2D eigenvalue weighted by Crippen LogP contribution is 2.30. The minimum Gasteiger partial charge on any atom is -0.489 e. The number of piperidine rings is 1. The Hall–Kier alpha value is -1.55. The minimum absolute atomic E-state index is 0.00414. The fraction of sp³-hybridized carbons (Fsp3) is 0.714. The van der Waals surface area contributed by atoms with Crippen LogP contribution in [0, 0.1) is 6.92 Å². The fourth-order valence-electron chi connectivity index (χ4n) is 3.85. The van der Waals surface area contributed by atoms with Crippen LogP contribution in [0.2, 0.25) is 0 Å². The maximum absolute atomic E-state index is 12.6. The Labute approximate surface area is 188 Å². The van der Waals surface area contributed by atoms with Crippen LogP contribution in [-0.4, -0.2) is 59.7 Å². The second kappa shape index (κ2) is 10.4. The summed E-state index contributed by atoms with van der Waals surface area (Å²) in [6, 6.07) is 3.78. The molecule has 2 heterocycles. The molecule has 1 aliphatic heterocycles. The molecular formula is C21H28BrF3N2O4. The van der Waals surface area contributed by atoms with Gasteiger partial charge < -0.3 is 19.1 Å². The van der Waals surface area contributed by atoms with Crippen molar-refractivity contribution in [1.29, 1.82) is 0 Å². The number of pyridine rings is 1. The lowest BCUT2D eigenvalue weighted by atomic mass is 9.94. The maximum atomic E-state index is 12.6. The smallest absolute Gasteiger partial charge is 0.425 e. The molecule has 0 N–H and O–H groups in total. The van der Waals surface area contributed by atoms with Crippen LogP contribution in [-0.2, 0) is 9.47 Å². The molecule has 1 aromatic heterocycles. The molecule has 1 saturated heterocycles. The summed E-state index contributed by atoms with van der Waals surface area (Å²) < 4.78 is 55.3. The van der Waals surface area contributed by atoms with Crippen molar-refractivity contribution in [2.45, 2.75) is 83.0 Å². The first kappa shape index (κ1) is 24.1. The fourth-order valence-corrected chi connectivity index (χ4v) is 4.25. The molecule has 2 aliphatic rings. The highest BCUT2D eigenvalue weighted by molar-refractivity contribution is 9.10. The van der Waals surface area contributed by atoms with Gasteiger partial charge in [-0.05, 0) is 80.4 Å². The van der Waals surface area contributed by atoms with Gasteiger partial charge in [0.25, 0.3) is 0 Å². The predicted molar refractivity (Wildman–Crippen MR) is 111 cm³/mol. The van der Waals surface area contributed by atoms with Crippen LogP contribution in [0.3, 0.4) is 0 Å². The molecule has 0 unspecified atom stereocenters. The number of hydrogen-bond acceptors (Lipinski definition) is 5. The Morgan fingerprint density at radius 3 is 2.26 bits per heavy atom. The van der Waals surface area contributed by atoms with E-state index in [0.717, 1.165) is 48.7 Å². The zero-order chi connectivity index (χ0) is 22.6. The van der Waals surface area contributed by atoms with E-state index in [0.29, 0.717) is 25.9 Å². The number of aryl methyl sites for hydroxylation is 1. The molecule has 6 nitrogen and oxygen atoms in total. The summed E-state index contributed by atoms with van der Waals surface area (Å²) in [7, 11) is 0. The summed E-state index contributed by atoms with van der Waals surface area (Å²) >= 11 is 3.35. The van der Waals surface area contributed by atoms with Gasteiger partial charge in [0.15, 0.2) is 6.10 Å². The van der Waals surface area contributed by atoms with Crippen molar-refractivity contribution in [2.75, 3.05) is 13.1 Å². The van der Waals surface area contributed by atoms with E-state index >= 15 is 0 Å². The SMILES string of the molecule is Cc1nc(Br)ccc1OC1CCC(OC2CCN(C(=O)O[C@H](C)C(F)(F)F)CC2)CC1. The Morgan fingerprint density at radius 1 is 1.10 bits per heavy atom. The summed E-state index contributed by atoms with van der Waals surface area (Å²) in [5.74, 6) is 0.798. The molecule has 174 valence electrons. The molecule has 0 radical (unpaired) electrons. The number of nitrogens with zero attached hydrogens (tertiary/aromatic N) is 2. The summed E-state index contributed by atoms with van der Waals surface area (Å²) in [6.45, 7) is 3.42. The first-order valence-corrected chi connectivity index (χ1v) is 11.4. The maximum Gasteiger partial charge on any atom is 0.425 e. The lowest BCUT2D eigenvalue weighted by Crippen LogP contribution is -2.44. The summed E-state index contributed by atoms with van der Waals surface area (Å²) in [4.78, 5) is 17.6. The van der Waals surface area contributed by atoms with Gasteiger partial charge in [0.05, 0.1) is 24.0 Å². The molecule has 1 aliphatic carbocycles. The monoisotopic (exact) mass is 508 g/mol. The average molecular weight is 509 g/mol. The second-order valence-corrected chi connectivity index (χ2v) is 8.94. The van der Waals surface area contributed by atoms with E-state index in [-0.39, 0.29) is 18.3 Å². The third-order valence-electron chi connectivity index (χ3n) is 5.74. The minimum atomic E-state index is -4.55.